The Morgan fingerprint density at radius 1 is 1.27 bits per heavy atom. The van der Waals surface area contributed by atoms with E-state index in [1.54, 1.807) is 25.3 Å². The zero-order valence-electron chi connectivity index (χ0n) is 11.7. The highest BCUT2D eigenvalue weighted by Crippen LogP contribution is 2.33. The van der Waals surface area contributed by atoms with E-state index in [0.29, 0.717) is 34.0 Å². The van der Waals surface area contributed by atoms with Crippen molar-refractivity contribution in [1.82, 2.24) is 9.97 Å². The molecule has 0 amide bonds. The lowest BCUT2D eigenvalue weighted by molar-refractivity contribution is 0.415. The van der Waals surface area contributed by atoms with Crippen LogP contribution >= 0.6 is 23.2 Å². The Hall–Kier alpha value is -2.03. The zero-order valence-corrected chi connectivity index (χ0v) is 13.2. The van der Waals surface area contributed by atoms with Crippen molar-refractivity contribution in [3.05, 3.63) is 33.9 Å². The van der Waals surface area contributed by atoms with Gasteiger partial charge in [0.05, 0.1) is 12.8 Å². The zero-order chi connectivity index (χ0) is 15.7. The molecule has 1 aliphatic carbocycles. The summed E-state index contributed by atoms with van der Waals surface area (Å²) in [5.41, 5.74) is 1.31. The van der Waals surface area contributed by atoms with Crippen LogP contribution in [0.4, 0.5) is 5.95 Å². The van der Waals surface area contributed by atoms with Gasteiger partial charge in [-0.05, 0) is 31.0 Å². The van der Waals surface area contributed by atoms with Gasteiger partial charge >= 0.3 is 0 Å². The first-order valence-corrected chi connectivity index (χ1v) is 7.45. The molecule has 0 saturated heterocycles. The van der Waals surface area contributed by atoms with Gasteiger partial charge in [0.1, 0.15) is 17.4 Å². The molecular weight excluding hydrogens is 323 g/mol. The molecule has 0 aliphatic heterocycles. The number of nitriles is 1. The standard InChI is InChI=1S/C15H12Cl2N4O/c1-22-11-5-8(4-9(16)6-11)13-12(7-18)14(17)21-15(20-13)19-10-2-3-10/h4-6,10H,2-3H2,1H3,(H,19,20,21). The van der Waals surface area contributed by atoms with Gasteiger partial charge in [-0.15, -0.1) is 0 Å². The van der Waals surface area contributed by atoms with Gasteiger partial charge in [0.15, 0.2) is 5.15 Å². The second-order valence-electron chi connectivity index (χ2n) is 4.97. The van der Waals surface area contributed by atoms with Crippen molar-refractivity contribution in [2.45, 2.75) is 18.9 Å². The Morgan fingerprint density at radius 3 is 2.68 bits per heavy atom. The molecule has 0 spiro atoms. The molecule has 1 aromatic heterocycles. The van der Waals surface area contributed by atoms with Crippen LogP contribution < -0.4 is 10.1 Å². The van der Waals surface area contributed by atoms with E-state index in [0.717, 1.165) is 12.8 Å². The molecule has 0 radical (unpaired) electrons. The highest BCUT2D eigenvalue weighted by molar-refractivity contribution is 6.31. The maximum atomic E-state index is 9.34. The number of rotatable bonds is 4. The number of halogens is 2. The third-order valence-electron chi connectivity index (χ3n) is 3.27. The van der Waals surface area contributed by atoms with Crippen LogP contribution in [0.5, 0.6) is 5.75 Å². The molecule has 1 fully saturated rings. The number of anilines is 1. The molecule has 1 aromatic carbocycles. The van der Waals surface area contributed by atoms with Crippen molar-refractivity contribution in [3.63, 3.8) is 0 Å². The molecule has 1 saturated carbocycles. The van der Waals surface area contributed by atoms with Gasteiger partial charge in [0, 0.05) is 16.6 Å². The fourth-order valence-corrected chi connectivity index (χ4v) is 2.47. The highest BCUT2D eigenvalue weighted by atomic mass is 35.5. The molecule has 0 bridgehead atoms. The predicted octanol–water partition coefficient (Wildman–Crippen LogP) is 3.90. The summed E-state index contributed by atoms with van der Waals surface area (Å²) >= 11 is 12.2. The first-order chi connectivity index (χ1) is 10.6. The van der Waals surface area contributed by atoms with Gasteiger partial charge in [0.25, 0.3) is 0 Å². The van der Waals surface area contributed by atoms with Crippen LogP contribution in [0, 0.1) is 11.3 Å². The molecule has 7 heteroatoms. The minimum atomic E-state index is 0.120. The summed E-state index contributed by atoms with van der Waals surface area (Å²) in [6, 6.07) is 7.58. The summed E-state index contributed by atoms with van der Waals surface area (Å²) in [7, 11) is 1.55. The van der Waals surface area contributed by atoms with Gasteiger partial charge < -0.3 is 10.1 Å². The molecular formula is C15H12Cl2N4O. The third kappa shape index (κ3) is 3.08. The van der Waals surface area contributed by atoms with Crippen molar-refractivity contribution in [2.75, 3.05) is 12.4 Å². The number of methoxy groups -OCH3 is 1. The number of aromatic nitrogens is 2. The summed E-state index contributed by atoms with van der Waals surface area (Å²) in [6.45, 7) is 0. The van der Waals surface area contributed by atoms with Crippen LogP contribution in [-0.2, 0) is 0 Å². The maximum absolute atomic E-state index is 9.34. The predicted molar refractivity (Wildman–Crippen MR) is 85.4 cm³/mol. The molecule has 22 heavy (non-hydrogen) atoms. The molecule has 112 valence electrons. The molecule has 1 N–H and O–H groups in total. The lowest BCUT2D eigenvalue weighted by atomic mass is 10.1. The van der Waals surface area contributed by atoms with E-state index in [-0.39, 0.29) is 10.7 Å². The minimum Gasteiger partial charge on any atom is -0.497 e. The van der Waals surface area contributed by atoms with Crippen LogP contribution in [0.1, 0.15) is 18.4 Å². The van der Waals surface area contributed by atoms with Crippen LogP contribution in [0.25, 0.3) is 11.3 Å². The molecule has 1 heterocycles. The maximum Gasteiger partial charge on any atom is 0.224 e. The Kier molecular flexibility index (Phi) is 4.06. The first kappa shape index (κ1) is 14.9. The van der Waals surface area contributed by atoms with E-state index in [4.69, 9.17) is 27.9 Å². The Morgan fingerprint density at radius 2 is 2.05 bits per heavy atom. The van der Waals surface area contributed by atoms with Gasteiger partial charge in [-0.3, -0.25) is 0 Å². The van der Waals surface area contributed by atoms with Crippen LogP contribution in [0.2, 0.25) is 10.2 Å². The third-order valence-corrected chi connectivity index (χ3v) is 3.76. The number of hydrogen-bond acceptors (Lipinski definition) is 5. The second kappa shape index (κ2) is 5.99. The molecule has 0 atom stereocenters. The van der Waals surface area contributed by atoms with Crippen molar-refractivity contribution < 1.29 is 4.74 Å². The smallest absolute Gasteiger partial charge is 0.224 e. The van der Waals surface area contributed by atoms with Gasteiger partial charge in [-0.2, -0.15) is 10.2 Å². The average molecular weight is 335 g/mol. The van der Waals surface area contributed by atoms with E-state index in [9.17, 15) is 5.26 Å². The Balaban J connectivity index is 2.13. The quantitative estimate of drug-likeness (QED) is 0.858. The fourth-order valence-electron chi connectivity index (χ4n) is 2.03. The topological polar surface area (TPSA) is 70.8 Å². The largest absolute Gasteiger partial charge is 0.497 e. The van der Waals surface area contributed by atoms with E-state index < -0.39 is 0 Å². The van der Waals surface area contributed by atoms with Gasteiger partial charge in [-0.25, -0.2) is 4.98 Å². The number of ether oxygens (including phenoxy) is 1. The van der Waals surface area contributed by atoms with E-state index in [1.807, 2.05) is 6.07 Å². The molecule has 0 unspecified atom stereocenters. The van der Waals surface area contributed by atoms with Crippen molar-refractivity contribution in [3.8, 4) is 23.1 Å². The van der Waals surface area contributed by atoms with E-state index >= 15 is 0 Å². The Labute approximate surface area is 137 Å². The van der Waals surface area contributed by atoms with E-state index in [2.05, 4.69) is 15.3 Å². The fraction of sp³-hybridized carbons (Fsp3) is 0.267. The summed E-state index contributed by atoms with van der Waals surface area (Å²) in [5, 5.41) is 13.1. The molecule has 1 aliphatic rings. The average Bonchev–Trinajstić information content (AvgIpc) is 3.30. The van der Waals surface area contributed by atoms with Crippen molar-refractivity contribution in [1.29, 1.82) is 5.26 Å². The normalized spacial score (nSPS) is 13.5. The molecule has 5 nitrogen and oxygen atoms in total. The number of benzene rings is 1. The van der Waals surface area contributed by atoms with Gasteiger partial charge in [0.2, 0.25) is 5.95 Å². The number of hydrogen-bond donors (Lipinski definition) is 1. The molecule has 3 rings (SSSR count). The van der Waals surface area contributed by atoms with Crippen LogP contribution in [-0.4, -0.2) is 23.1 Å². The Bertz CT molecular complexity index is 769. The van der Waals surface area contributed by atoms with Crippen LogP contribution in [0.3, 0.4) is 0 Å². The summed E-state index contributed by atoms with van der Waals surface area (Å²) in [6.07, 6.45) is 2.17. The van der Waals surface area contributed by atoms with Crippen molar-refractivity contribution in [2.24, 2.45) is 0 Å². The highest BCUT2D eigenvalue weighted by Gasteiger charge is 2.23. The number of nitrogens with one attached hydrogen (secondary N) is 1. The first-order valence-electron chi connectivity index (χ1n) is 6.70. The second-order valence-corrected chi connectivity index (χ2v) is 5.77. The van der Waals surface area contributed by atoms with Gasteiger partial charge in [-0.1, -0.05) is 23.2 Å². The van der Waals surface area contributed by atoms with Crippen LogP contribution in [0.15, 0.2) is 18.2 Å². The summed E-state index contributed by atoms with van der Waals surface area (Å²) in [4.78, 5) is 8.56. The minimum absolute atomic E-state index is 0.120. The summed E-state index contributed by atoms with van der Waals surface area (Å²) < 4.78 is 5.21. The monoisotopic (exact) mass is 334 g/mol. The lowest BCUT2D eigenvalue weighted by Crippen LogP contribution is -2.07. The van der Waals surface area contributed by atoms with E-state index in [1.165, 1.54) is 0 Å². The SMILES string of the molecule is COc1cc(Cl)cc(-c2nc(NC3CC3)nc(Cl)c2C#N)c1. The number of nitrogens with zero attached hydrogens (tertiary/aromatic N) is 3. The summed E-state index contributed by atoms with van der Waals surface area (Å²) in [5.74, 6) is 0.998. The van der Waals surface area contributed by atoms with Crippen molar-refractivity contribution >= 4 is 29.2 Å². The molecule has 2 aromatic rings. The lowest BCUT2D eigenvalue weighted by Gasteiger charge is -2.10.